The maximum absolute atomic E-state index is 11.7. The van der Waals surface area contributed by atoms with Crippen LogP contribution in [0, 0.1) is 0 Å². The zero-order chi connectivity index (χ0) is 13.6. The van der Waals surface area contributed by atoms with E-state index in [1.807, 2.05) is 13.8 Å². The van der Waals surface area contributed by atoms with Crippen LogP contribution in [0.25, 0.3) is 0 Å². The van der Waals surface area contributed by atoms with Crippen LogP contribution in [-0.4, -0.2) is 44.5 Å². The first-order valence-electron chi connectivity index (χ1n) is 5.89. The van der Waals surface area contributed by atoms with Gasteiger partial charge in [-0.1, -0.05) is 6.92 Å². The van der Waals surface area contributed by atoms with Crippen LogP contribution in [0.2, 0.25) is 0 Å². The Hall–Kier alpha value is -0.620. The molecule has 0 aliphatic carbocycles. The van der Waals surface area contributed by atoms with Crippen LogP contribution in [0.1, 0.15) is 34.1 Å². The highest BCUT2D eigenvalue weighted by molar-refractivity contribution is 7.90. The van der Waals surface area contributed by atoms with E-state index in [4.69, 9.17) is 0 Å². The van der Waals surface area contributed by atoms with E-state index in [1.54, 1.807) is 13.8 Å². The zero-order valence-electron chi connectivity index (χ0n) is 11.3. The van der Waals surface area contributed by atoms with Crippen molar-refractivity contribution < 1.29 is 13.2 Å². The number of hydrogen-bond acceptors (Lipinski definition) is 4. The van der Waals surface area contributed by atoms with Gasteiger partial charge in [-0.25, -0.2) is 8.42 Å². The molecule has 0 aromatic carbocycles. The molecule has 6 heteroatoms. The number of amides is 1. The SMILES string of the molecule is CCC(C)NC(=O)C(C)NC(C)CS(C)(=O)=O. The van der Waals surface area contributed by atoms with Gasteiger partial charge in [0.2, 0.25) is 5.91 Å². The molecule has 3 atom stereocenters. The fourth-order valence-corrected chi connectivity index (χ4v) is 2.48. The van der Waals surface area contributed by atoms with Crippen molar-refractivity contribution in [2.75, 3.05) is 12.0 Å². The summed E-state index contributed by atoms with van der Waals surface area (Å²) in [5.41, 5.74) is 0. The van der Waals surface area contributed by atoms with Gasteiger partial charge >= 0.3 is 0 Å². The summed E-state index contributed by atoms with van der Waals surface area (Å²) in [5.74, 6) is -0.0618. The highest BCUT2D eigenvalue weighted by Crippen LogP contribution is 1.95. The van der Waals surface area contributed by atoms with Crippen molar-refractivity contribution in [3.8, 4) is 0 Å². The predicted molar refractivity (Wildman–Crippen MR) is 69.7 cm³/mol. The second-order valence-corrected chi connectivity index (χ2v) is 6.88. The van der Waals surface area contributed by atoms with Crippen LogP contribution in [0.3, 0.4) is 0 Å². The molecule has 17 heavy (non-hydrogen) atoms. The van der Waals surface area contributed by atoms with Gasteiger partial charge in [0.1, 0.15) is 9.84 Å². The molecular weight excluding hydrogens is 240 g/mol. The summed E-state index contributed by atoms with van der Waals surface area (Å²) in [5, 5.41) is 5.82. The van der Waals surface area contributed by atoms with E-state index < -0.39 is 9.84 Å². The maximum Gasteiger partial charge on any atom is 0.237 e. The van der Waals surface area contributed by atoms with Gasteiger partial charge in [-0.2, -0.15) is 0 Å². The van der Waals surface area contributed by atoms with Gasteiger partial charge in [0.05, 0.1) is 11.8 Å². The first kappa shape index (κ1) is 16.4. The van der Waals surface area contributed by atoms with E-state index in [1.165, 1.54) is 6.26 Å². The maximum atomic E-state index is 11.7. The minimum Gasteiger partial charge on any atom is -0.352 e. The van der Waals surface area contributed by atoms with Gasteiger partial charge in [0, 0.05) is 18.3 Å². The van der Waals surface area contributed by atoms with E-state index in [-0.39, 0.29) is 29.8 Å². The Labute approximate surface area is 104 Å². The van der Waals surface area contributed by atoms with Crippen LogP contribution in [0.5, 0.6) is 0 Å². The zero-order valence-corrected chi connectivity index (χ0v) is 12.1. The van der Waals surface area contributed by atoms with E-state index in [0.29, 0.717) is 0 Å². The van der Waals surface area contributed by atoms with Crippen LogP contribution in [-0.2, 0) is 14.6 Å². The molecule has 0 aromatic heterocycles. The summed E-state index contributed by atoms with van der Waals surface area (Å²) in [6.07, 6.45) is 2.06. The molecule has 0 bridgehead atoms. The Balaban J connectivity index is 4.16. The number of hydrogen-bond donors (Lipinski definition) is 2. The molecule has 0 rings (SSSR count). The van der Waals surface area contributed by atoms with E-state index in [0.717, 1.165) is 6.42 Å². The summed E-state index contributed by atoms with van der Waals surface area (Å²) in [6, 6.07) is -0.486. The lowest BCUT2D eigenvalue weighted by atomic mass is 10.2. The summed E-state index contributed by atoms with van der Waals surface area (Å²) >= 11 is 0. The van der Waals surface area contributed by atoms with Crippen molar-refractivity contribution in [2.24, 2.45) is 0 Å². The fraction of sp³-hybridized carbons (Fsp3) is 0.909. The topological polar surface area (TPSA) is 75.3 Å². The first-order valence-corrected chi connectivity index (χ1v) is 7.96. The van der Waals surface area contributed by atoms with Crippen LogP contribution < -0.4 is 10.6 Å². The third-order valence-electron chi connectivity index (χ3n) is 2.48. The second-order valence-electron chi connectivity index (χ2n) is 4.70. The summed E-state index contributed by atoms with van der Waals surface area (Å²) in [7, 11) is -3.02. The van der Waals surface area contributed by atoms with Crippen molar-refractivity contribution in [1.82, 2.24) is 10.6 Å². The molecule has 1 amide bonds. The third-order valence-corrected chi connectivity index (χ3v) is 3.59. The van der Waals surface area contributed by atoms with Crippen molar-refractivity contribution in [1.29, 1.82) is 0 Å². The van der Waals surface area contributed by atoms with Gasteiger partial charge in [-0.3, -0.25) is 4.79 Å². The van der Waals surface area contributed by atoms with Gasteiger partial charge in [-0.15, -0.1) is 0 Å². The molecule has 0 radical (unpaired) electrons. The normalized spacial score (nSPS) is 17.2. The van der Waals surface area contributed by atoms with Crippen molar-refractivity contribution in [3.63, 3.8) is 0 Å². The molecule has 0 aromatic rings. The van der Waals surface area contributed by atoms with Gasteiger partial charge < -0.3 is 10.6 Å². The summed E-state index contributed by atoms with van der Waals surface area (Å²) in [4.78, 5) is 11.7. The lowest BCUT2D eigenvalue weighted by molar-refractivity contribution is -0.123. The van der Waals surface area contributed by atoms with Crippen molar-refractivity contribution in [3.05, 3.63) is 0 Å². The minimum atomic E-state index is -3.02. The van der Waals surface area contributed by atoms with Crippen molar-refractivity contribution in [2.45, 2.75) is 52.2 Å². The molecule has 0 aliphatic heterocycles. The Kier molecular flexibility index (Phi) is 6.70. The Morgan fingerprint density at radius 1 is 1.18 bits per heavy atom. The van der Waals surface area contributed by atoms with Crippen LogP contribution >= 0.6 is 0 Å². The monoisotopic (exact) mass is 264 g/mol. The lowest BCUT2D eigenvalue weighted by Crippen LogP contribution is -2.49. The summed E-state index contributed by atoms with van der Waals surface area (Å²) in [6.45, 7) is 7.42. The molecule has 2 N–H and O–H groups in total. The molecule has 0 heterocycles. The average Bonchev–Trinajstić information content (AvgIpc) is 2.14. The number of rotatable bonds is 7. The number of sulfone groups is 1. The number of carbonyl (C=O) groups excluding carboxylic acids is 1. The van der Waals surface area contributed by atoms with Gasteiger partial charge in [0.25, 0.3) is 0 Å². The quantitative estimate of drug-likeness (QED) is 0.694. The fourth-order valence-electron chi connectivity index (χ4n) is 1.47. The smallest absolute Gasteiger partial charge is 0.237 e. The minimum absolute atomic E-state index is 0.0357. The largest absolute Gasteiger partial charge is 0.352 e. The Bertz CT molecular complexity index is 341. The van der Waals surface area contributed by atoms with E-state index in [9.17, 15) is 13.2 Å². The average molecular weight is 264 g/mol. The van der Waals surface area contributed by atoms with Gasteiger partial charge in [-0.05, 0) is 27.2 Å². The highest BCUT2D eigenvalue weighted by atomic mass is 32.2. The standard InChI is InChI=1S/C11H24N2O3S/c1-6-8(2)13-11(14)10(4)12-9(3)7-17(5,15)16/h8-10,12H,6-7H2,1-5H3,(H,13,14). The molecule has 0 fully saturated rings. The number of carbonyl (C=O) groups is 1. The number of nitrogens with one attached hydrogen (secondary N) is 2. The van der Waals surface area contributed by atoms with E-state index >= 15 is 0 Å². The second kappa shape index (κ2) is 6.96. The highest BCUT2D eigenvalue weighted by Gasteiger charge is 2.18. The molecular formula is C11H24N2O3S. The molecule has 0 spiro atoms. The van der Waals surface area contributed by atoms with E-state index in [2.05, 4.69) is 10.6 Å². The first-order chi connectivity index (χ1) is 7.65. The van der Waals surface area contributed by atoms with Gasteiger partial charge in [0.15, 0.2) is 0 Å². The molecule has 0 saturated carbocycles. The Morgan fingerprint density at radius 3 is 2.12 bits per heavy atom. The molecule has 0 aliphatic rings. The lowest BCUT2D eigenvalue weighted by Gasteiger charge is -2.20. The molecule has 0 saturated heterocycles. The molecule has 102 valence electrons. The molecule has 3 unspecified atom stereocenters. The third kappa shape index (κ3) is 8.15. The Morgan fingerprint density at radius 2 is 1.71 bits per heavy atom. The van der Waals surface area contributed by atoms with Crippen LogP contribution in [0.15, 0.2) is 0 Å². The molecule has 5 nitrogen and oxygen atoms in total. The van der Waals surface area contributed by atoms with Crippen LogP contribution in [0.4, 0.5) is 0 Å². The summed E-state index contributed by atoms with van der Waals surface area (Å²) < 4.78 is 22.2. The predicted octanol–water partition coefficient (Wildman–Crippen LogP) is 0.312. The van der Waals surface area contributed by atoms with Crippen molar-refractivity contribution >= 4 is 15.7 Å².